The molecule has 0 fully saturated rings. The van der Waals surface area contributed by atoms with Crippen LogP contribution >= 0.6 is 11.6 Å². The van der Waals surface area contributed by atoms with Gasteiger partial charge < -0.3 is 10.6 Å². The fraction of sp³-hybridized carbons (Fsp3) is 0.625. The molecule has 0 aliphatic carbocycles. The fourth-order valence-corrected chi connectivity index (χ4v) is 1.03. The van der Waals surface area contributed by atoms with Crippen LogP contribution in [0.3, 0.4) is 0 Å². The van der Waals surface area contributed by atoms with Gasteiger partial charge in [-0.25, -0.2) is 0 Å². The minimum Gasteiger partial charge on any atom is -0.365 e. The molecule has 0 bridgehead atoms. The Bertz CT molecular complexity index is 189. The molecule has 0 aliphatic heterocycles. The molecule has 0 radical (unpaired) electrons. The van der Waals surface area contributed by atoms with Gasteiger partial charge >= 0.3 is 0 Å². The summed E-state index contributed by atoms with van der Waals surface area (Å²) in [7, 11) is 3.85. The number of hydrogen-bond acceptors (Lipinski definition) is 2. The average molecular weight is 191 g/mol. The lowest BCUT2D eigenvalue weighted by atomic mass is 10.2. The number of amides is 1. The average Bonchev–Trinajstić information content (AvgIpc) is 1.98. The highest BCUT2D eigenvalue weighted by Crippen LogP contribution is 2.07. The number of nitrogens with zero attached hydrogens (tertiary/aromatic N) is 1. The Morgan fingerprint density at radius 1 is 1.67 bits per heavy atom. The van der Waals surface area contributed by atoms with Crippen molar-refractivity contribution in [2.24, 2.45) is 5.73 Å². The third kappa shape index (κ3) is 3.74. The summed E-state index contributed by atoms with van der Waals surface area (Å²) in [4.78, 5) is 12.6. The van der Waals surface area contributed by atoms with E-state index in [0.29, 0.717) is 0 Å². The van der Waals surface area contributed by atoms with E-state index >= 15 is 0 Å². The van der Waals surface area contributed by atoms with Gasteiger partial charge in [0.25, 0.3) is 5.91 Å². The molecule has 0 spiro atoms. The molecule has 1 unspecified atom stereocenters. The number of hydrogen-bond donors (Lipinski definition) is 1. The molecule has 0 saturated heterocycles. The van der Waals surface area contributed by atoms with Crippen LogP contribution in [0.2, 0.25) is 0 Å². The first-order valence-electron chi connectivity index (χ1n) is 3.82. The van der Waals surface area contributed by atoms with Crippen LogP contribution in [-0.4, -0.2) is 30.9 Å². The van der Waals surface area contributed by atoms with Gasteiger partial charge in [-0.2, -0.15) is 0 Å². The summed E-state index contributed by atoms with van der Waals surface area (Å²) in [5, 5.41) is 0.107. The largest absolute Gasteiger partial charge is 0.365 e. The molecule has 0 rings (SSSR count). The number of primary amides is 1. The summed E-state index contributed by atoms with van der Waals surface area (Å²) in [6.45, 7) is 2.02. The van der Waals surface area contributed by atoms with Gasteiger partial charge in [0.1, 0.15) is 5.03 Å². The first-order valence-corrected chi connectivity index (χ1v) is 4.20. The summed E-state index contributed by atoms with van der Waals surface area (Å²) >= 11 is 5.59. The third-order valence-corrected chi connectivity index (χ3v) is 1.97. The van der Waals surface area contributed by atoms with Crippen LogP contribution in [0.25, 0.3) is 0 Å². The molecule has 0 heterocycles. The van der Waals surface area contributed by atoms with E-state index in [1.54, 1.807) is 6.08 Å². The number of halogens is 1. The lowest BCUT2D eigenvalue weighted by Crippen LogP contribution is -2.26. The van der Waals surface area contributed by atoms with Gasteiger partial charge in [-0.1, -0.05) is 18.5 Å². The first kappa shape index (κ1) is 11.5. The zero-order valence-corrected chi connectivity index (χ0v) is 8.43. The predicted molar refractivity (Wildman–Crippen MR) is 50.9 cm³/mol. The molecule has 0 saturated carbocycles. The zero-order valence-electron chi connectivity index (χ0n) is 7.67. The molecule has 0 aliphatic rings. The number of likely N-dealkylation sites (N-methyl/N-ethyl adjacent to an activating group) is 1. The van der Waals surface area contributed by atoms with E-state index in [1.807, 2.05) is 25.9 Å². The van der Waals surface area contributed by atoms with Gasteiger partial charge in [0.2, 0.25) is 0 Å². The quantitative estimate of drug-likeness (QED) is 0.671. The highest BCUT2D eigenvalue weighted by molar-refractivity contribution is 6.41. The summed E-state index contributed by atoms with van der Waals surface area (Å²) in [5.74, 6) is -0.572. The van der Waals surface area contributed by atoms with Gasteiger partial charge in [0, 0.05) is 6.04 Å². The molecule has 3 nitrogen and oxygen atoms in total. The third-order valence-electron chi connectivity index (χ3n) is 1.66. The zero-order chi connectivity index (χ0) is 9.72. The van der Waals surface area contributed by atoms with Crippen LogP contribution in [-0.2, 0) is 4.79 Å². The lowest BCUT2D eigenvalue weighted by molar-refractivity contribution is -0.114. The molecule has 0 aromatic carbocycles. The van der Waals surface area contributed by atoms with Gasteiger partial charge in [0.15, 0.2) is 0 Å². The van der Waals surface area contributed by atoms with Crippen molar-refractivity contribution < 1.29 is 4.79 Å². The van der Waals surface area contributed by atoms with Crippen LogP contribution in [0.1, 0.15) is 13.3 Å². The molecule has 70 valence electrons. The van der Waals surface area contributed by atoms with Crippen molar-refractivity contribution in [3.63, 3.8) is 0 Å². The van der Waals surface area contributed by atoms with E-state index in [0.717, 1.165) is 6.42 Å². The highest BCUT2D eigenvalue weighted by atomic mass is 35.5. The van der Waals surface area contributed by atoms with Crippen molar-refractivity contribution in [1.82, 2.24) is 4.90 Å². The molecule has 0 aromatic heterocycles. The van der Waals surface area contributed by atoms with Gasteiger partial charge in [0.05, 0.1) is 0 Å². The van der Waals surface area contributed by atoms with Gasteiger partial charge in [-0.15, -0.1) is 0 Å². The maximum Gasteiger partial charge on any atom is 0.259 e. The lowest BCUT2D eigenvalue weighted by Gasteiger charge is -2.18. The van der Waals surface area contributed by atoms with Gasteiger partial charge in [-0.3, -0.25) is 4.79 Å². The van der Waals surface area contributed by atoms with Crippen molar-refractivity contribution in [3.05, 3.63) is 11.1 Å². The molecule has 0 aromatic rings. The van der Waals surface area contributed by atoms with E-state index in [9.17, 15) is 4.79 Å². The second-order valence-corrected chi connectivity index (χ2v) is 3.23. The van der Waals surface area contributed by atoms with Crippen molar-refractivity contribution in [2.75, 3.05) is 14.1 Å². The van der Waals surface area contributed by atoms with Crippen LogP contribution in [0, 0.1) is 0 Å². The molecular weight excluding hydrogens is 176 g/mol. The summed E-state index contributed by atoms with van der Waals surface area (Å²) in [6.07, 6.45) is 2.57. The van der Waals surface area contributed by atoms with E-state index in [-0.39, 0.29) is 11.1 Å². The second kappa shape index (κ2) is 5.17. The Hall–Kier alpha value is -0.540. The Morgan fingerprint density at radius 3 is 2.42 bits per heavy atom. The second-order valence-electron chi connectivity index (χ2n) is 2.82. The van der Waals surface area contributed by atoms with Crippen LogP contribution in [0.15, 0.2) is 11.1 Å². The monoisotopic (exact) mass is 190 g/mol. The van der Waals surface area contributed by atoms with Crippen molar-refractivity contribution in [2.45, 2.75) is 19.4 Å². The minimum atomic E-state index is -0.572. The van der Waals surface area contributed by atoms with Gasteiger partial charge in [-0.05, 0) is 26.6 Å². The first-order chi connectivity index (χ1) is 5.49. The molecule has 12 heavy (non-hydrogen) atoms. The van der Waals surface area contributed by atoms with Crippen molar-refractivity contribution in [1.29, 1.82) is 0 Å². The molecule has 1 amide bonds. The Morgan fingerprint density at radius 2 is 2.17 bits per heavy atom. The highest BCUT2D eigenvalue weighted by Gasteiger charge is 2.08. The van der Waals surface area contributed by atoms with Crippen LogP contribution in [0.5, 0.6) is 0 Å². The number of carbonyl (C=O) groups excluding carboxylic acids is 1. The number of carbonyl (C=O) groups is 1. The Labute approximate surface area is 78.2 Å². The number of rotatable bonds is 4. The predicted octanol–water partition coefficient (Wildman–Crippen LogP) is 0.935. The molecule has 2 N–H and O–H groups in total. The maximum absolute atomic E-state index is 10.6. The van der Waals surface area contributed by atoms with Crippen molar-refractivity contribution >= 4 is 17.5 Å². The SMILES string of the molecule is CCC(/C=C(\Cl)C(N)=O)N(C)C. The summed E-state index contributed by atoms with van der Waals surface area (Å²) < 4.78 is 0. The fourth-order valence-electron chi connectivity index (χ4n) is 0.883. The Balaban J connectivity index is 4.35. The summed E-state index contributed by atoms with van der Waals surface area (Å²) in [5.41, 5.74) is 4.98. The maximum atomic E-state index is 10.6. The van der Waals surface area contributed by atoms with Crippen LogP contribution < -0.4 is 5.73 Å². The van der Waals surface area contributed by atoms with Crippen molar-refractivity contribution in [3.8, 4) is 0 Å². The summed E-state index contributed by atoms with van der Waals surface area (Å²) in [6, 6.07) is 0.171. The molecule has 1 atom stereocenters. The Kier molecular flexibility index (Phi) is 4.93. The standard InChI is InChI=1S/C8H15ClN2O/c1-4-6(11(2)3)5-7(9)8(10)12/h5-6H,4H2,1-3H3,(H2,10,12)/b7-5-. The normalized spacial score (nSPS) is 14.9. The smallest absolute Gasteiger partial charge is 0.259 e. The molecule has 4 heteroatoms. The van der Waals surface area contributed by atoms with E-state index in [2.05, 4.69) is 0 Å². The van der Waals surface area contributed by atoms with E-state index in [1.165, 1.54) is 0 Å². The van der Waals surface area contributed by atoms with E-state index < -0.39 is 5.91 Å². The number of nitrogens with two attached hydrogens (primary N) is 1. The molecular formula is C8H15ClN2O. The topological polar surface area (TPSA) is 46.3 Å². The van der Waals surface area contributed by atoms with Crippen LogP contribution in [0.4, 0.5) is 0 Å². The minimum absolute atomic E-state index is 0.107. The van der Waals surface area contributed by atoms with E-state index in [4.69, 9.17) is 17.3 Å².